The van der Waals surface area contributed by atoms with Crippen molar-refractivity contribution in [3.05, 3.63) is 64.8 Å². The van der Waals surface area contributed by atoms with E-state index < -0.39 is 10.2 Å². The number of nitrogens with zero attached hydrogens (tertiary/aromatic N) is 4. The van der Waals surface area contributed by atoms with E-state index in [0.29, 0.717) is 37.1 Å². The number of aromatic nitrogens is 2. The maximum absolute atomic E-state index is 13.2. The number of rotatable bonds is 5. The predicted molar refractivity (Wildman–Crippen MR) is 121 cm³/mol. The summed E-state index contributed by atoms with van der Waals surface area (Å²) in [6.07, 6.45) is 0. The van der Waals surface area contributed by atoms with E-state index in [0.717, 1.165) is 28.2 Å². The monoisotopic (exact) mass is 474 g/mol. The van der Waals surface area contributed by atoms with Crippen molar-refractivity contribution in [2.45, 2.75) is 13.1 Å². The third-order valence-corrected chi connectivity index (χ3v) is 7.96. The summed E-state index contributed by atoms with van der Waals surface area (Å²) >= 11 is 6.12. The molecular weight excluding hydrogens is 452 g/mol. The van der Waals surface area contributed by atoms with Crippen molar-refractivity contribution >= 4 is 21.8 Å². The van der Waals surface area contributed by atoms with Crippen molar-refractivity contribution in [1.82, 2.24) is 18.4 Å². The molecule has 0 aliphatic carbocycles. The van der Waals surface area contributed by atoms with Gasteiger partial charge in [-0.15, -0.1) is 0 Å². The Kier molecular flexibility index (Phi) is 5.68. The van der Waals surface area contributed by atoms with Gasteiger partial charge in [-0.1, -0.05) is 35.9 Å². The molecule has 168 valence electrons. The fourth-order valence-electron chi connectivity index (χ4n) is 4.18. The van der Waals surface area contributed by atoms with Gasteiger partial charge in [-0.3, -0.25) is 0 Å². The van der Waals surface area contributed by atoms with E-state index in [4.69, 9.17) is 26.2 Å². The molecule has 0 unspecified atom stereocenters. The molecule has 1 fully saturated rings. The van der Waals surface area contributed by atoms with Crippen LogP contribution >= 0.6 is 11.6 Å². The minimum Gasteiger partial charge on any atom is -0.494 e. The van der Waals surface area contributed by atoms with Crippen molar-refractivity contribution in [2.75, 3.05) is 33.4 Å². The summed E-state index contributed by atoms with van der Waals surface area (Å²) in [4.78, 5) is 0. The Morgan fingerprint density at radius 3 is 2.44 bits per heavy atom. The molecular formula is C22H23ClN4O4S. The maximum Gasteiger partial charge on any atom is 0.282 e. The van der Waals surface area contributed by atoms with E-state index in [-0.39, 0.29) is 13.1 Å². The SMILES string of the molecule is COc1ccccc1-n1nc2c(c1-c1ccc(Cl)cc1)CN(S(=O)(=O)N1CCOCC1)C2. The molecule has 5 rings (SSSR count). The number of methoxy groups -OCH3 is 1. The van der Waals surface area contributed by atoms with Crippen LogP contribution in [0.2, 0.25) is 5.02 Å². The molecule has 0 bridgehead atoms. The van der Waals surface area contributed by atoms with E-state index in [1.165, 1.54) is 8.61 Å². The number of hydrogen-bond acceptors (Lipinski definition) is 5. The molecule has 3 heterocycles. The average Bonchev–Trinajstić information content (AvgIpc) is 3.39. The van der Waals surface area contributed by atoms with E-state index in [2.05, 4.69) is 0 Å². The van der Waals surface area contributed by atoms with Crippen LogP contribution in [-0.4, -0.2) is 60.2 Å². The van der Waals surface area contributed by atoms with Crippen molar-refractivity contribution in [1.29, 1.82) is 0 Å². The topological polar surface area (TPSA) is 76.9 Å². The summed E-state index contributed by atoms with van der Waals surface area (Å²) in [6, 6.07) is 15.1. The summed E-state index contributed by atoms with van der Waals surface area (Å²) in [5, 5.41) is 5.46. The normalized spacial score (nSPS) is 17.4. The molecule has 0 amide bonds. The molecule has 0 N–H and O–H groups in total. The summed E-state index contributed by atoms with van der Waals surface area (Å²) in [6.45, 7) is 2.02. The highest BCUT2D eigenvalue weighted by Crippen LogP contribution is 2.38. The molecule has 1 saturated heterocycles. The van der Waals surface area contributed by atoms with Gasteiger partial charge in [-0.05, 0) is 24.3 Å². The van der Waals surface area contributed by atoms with Gasteiger partial charge in [0.15, 0.2) is 0 Å². The van der Waals surface area contributed by atoms with Crippen LogP contribution in [0.5, 0.6) is 5.75 Å². The third kappa shape index (κ3) is 3.70. The predicted octanol–water partition coefficient (Wildman–Crippen LogP) is 3.09. The summed E-state index contributed by atoms with van der Waals surface area (Å²) in [5.41, 5.74) is 4.14. The zero-order valence-corrected chi connectivity index (χ0v) is 19.1. The van der Waals surface area contributed by atoms with E-state index in [9.17, 15) is 8.42 Å². The number of fused-ring (bicyclic) bond motifs is 1. The van der Waals surface area contributed by atoms with Crippen LogP contribution in [0.4, 0.5) is 0 Å². The molecule has 0 saturated carbocycles. The first-order valence-corrected chi connectivity index (χ1v) is 12.1. The van der Waals surface area contributed by atoms with Crippen molar-refractivity contribution in [3.8, 4) is 22.7 Å². The van der Waals surface area contributed by atoms with E-state index >= 15 is 0 Å². The molecule has 3 aromatic rings. The number of ether oxygens (including phenoxy) is 2. The largest absolute Gasteiger partial charge is 0.494 e. The average molecular weight is 475 g/mol. The zero-order chi connectivity index (χ0) is 22.3. The number of hydrogen-bond donors (Lipinski definition) is 0. The minimum absolute atomic E-state index is 0.220. The maximum atomic E-state index is 13.2. The van der Waals surface area contributed by atoms with Crippen LogP contribution in [0.1, 0.15) is 11.3 Å². The molecule has 1 aromatic heterocycles. The lowest BCUT2D eigenvalue weighted by Crippen LogP contribution is -2.47. The van der Waals surface area contributed by atoms with Gasteiger partial charge in [0.2, 0.25) is 0 Å². The van der Waals surface area contributed by atoms with Gasteiger partial charge in [0.25, 0.3) is 10.2 Å². The second kappa shape index (κ2) is 8.49. The molecule has 32 heavy (non-hydrogen) atoms. The van der Waals surface area contributed by atoms with Crippen LogP contribution in [0.15, 0.2) is 48.5 Å². The summed E-state index contributed by atoms with van der Waals surface area (Å²) < 4.78 is 42.1. The fraction of sp³-hybridized carbons (Fsp3) is 0.318. The molecule has 8 nitrogen and oxygen atoms in total. The highest BCUT2D eigenvalue weighted by Gasteiger charge is 2.38. The van der Waals surface area contributed by atoms with Crippen molar-refractivity contribution in [3.63, 3.8) is 0 Å². The highest BCUT2D eigenvalue weighted by molar-refractivity contribution is 7.86. The van der Waals surface area contributed by atoms with E-state index in [1.54, 1.807) is 7.11 Å². The van der Waals surface area contributed by atoms with Crippen molar-refractivity contribution in [2.24, 2.45) is 0 Å². The van der Waals surface area contributed by atoms with Gasteiger partial charge in [0, 0.05) is 35.8 Å². The van der Waals surface area contributed by atoms with Crippen LogP contribution in [0.25, 0.3) is 16.9 Å². The lowest BCUT2D eigenvalue weighted by atomic mass is 10.1. The standard InChI is InChI=1S/C22H23ClN4O4S/c1-30-21-5-3-2-4-20(21)27-22(16-6-8-17(23)9-7-16)18-14-26(15-19(18)24-27)32(28,29)25-10-12-31-13-11-25/h2-9H,10-15H2,1H3. The molecule has 2 aromatic carbocycles. The molecule has 0 radical (unpaired) electrons. The Labute approximate surface area is 192 Å². The molecule has 10 heteroatoms. The van der Waals surface area contributed by atoms with Crippen LogP contribution in [0.3, 0.4) is 0 Å². The number of halogens is 1. The van der Waals surface area contributed by atoms with Gasteiger partial charge in [0.05, 0.1) is 38.3 Å². The molecule has 0 spiro atoms. The van der Waals surface area contributed by atoms with Crippen LogP contribution < -0.4 is 4.74 Å². The van der Waals surface area contributed by atoms with Crippen LogP contribution in [-0.2, 0) is 28.0 Å². The summed E-state index contributed by atoms with van der Waals surface area (Å²) in [7, 11) is -1.98. The lowest BCUT2D eigenvalue weighted by Gasteiger charge is -2.30. The molecule has 0 atom stereocenters. The van der Waals surface area contributed by atoms with Gasteiger partial charge in [0.1, 0.15) is 11.4 Å². The second-order valence-electron chi connectivity index (χ2n) is 7.65. The first-order valence-electron chi connectivity index (χ1n) is 10.3. The van der Waals surface area contributed by atoms with Gasteiger partial charge in [-0.2, -0.15) is 22.1 Å². The Bertz CT molecular complexity index is 1240. The third-order valence-electron chi connectivity index (χ3n) is 5.78. The fourth-order valence-corrected chi connectivity index (χ4v) is 5.82. The molecule has 2 aliphatic rings. The Morgan fingerprint density at radius 1 is 1.00 bits per heavy atom. The zero-order valence-electron chi connectivity index (χ0n) is 17.6. The Hall–Kier alpha value is -2.43. The second-order valence-corrected chi connectivity index (χ2v) is 10.0. The van der Waals surface area contributed by atoms with Crippen LogP contribution in [0, 0.1) is 0 Å². The van der Waals surface area contributed by atoms with E-state index in [1.807, 2.05) is 53.2 Å². The van der Waals surface area contributed by atoms with Gasteiger partial charge in [-0.25, -0.2) is 4.68 Å². The van der Waals surface area contributed by atoms with Crippen molar-refractivity contribution < 1.29 is 17.9 Å². The Morgan fingerprint density at radius 2 is 1.72 bits per heavy atom. The lowest BCUT2D eigenvalue weighted by molar-refractivity contribution is 0.0700. The van der Waals surface area contributed by atoms with Gasteiger partial charge < -0.3 is 9.47 Å². The molecule has 2 aliphatic heterocycles. The number of morpholine rings is 1. The first kappa shape index (κ1) is 21.4. The smallest absolute Gasteiger partial charge is 0.282 e. The van der Waals surface area contributed by atoms with Gasteiger partial charge >= 0.3 is 0 Å². The quantitative estimate of drug-likeness (QED) is 0.568. The number of para-hydroxylation sites is 2. The number of benzene rings is 2. The Balaban J connectivity index is 1.59. The first-order chi connectivity index (χ1) is 15.5. The summed E-state index contributed by atoms with van der Waals surface area (Å²) in [5.74, 6) is 0.682. The minimum atomic E-state index is -3.60. The highest BCUT2D eigenvalue weighted by atomic mass is 35.5.